The van der Waals surface area contributed by atoms with Crippen molar-refractivity contribution < 1.29 is 8.42 Å². The molecule has 2 aromatic carbocycles. The fourth-order valence-electron chi connectivity index (χ4n) is 3.65. The van der Waals surface area contributed by atoms with Crippen molar-refractivity contribution in [2.24, 2.45) is 7.05 Å². The molecular formula is C20H23N3O3S2. The lowest BCUT2D eigenvalue weighted by Crippen LogP contribution is -2.48. The summed E-state index contributed by atoms with van der Waals surface area (Å²) in [5.41, 5.74) is 4.33. The van der Waals surface area contributed by atoms with Crippen molar-refractivity contribution in [1.29, 1.82) is 0 Å². The maximum atomic E-state index is 13.1. The molecule has 0 amide bonds. The molecule has 1 saturated heterocycles. The van der Waals surface area contributed by atoms with Crippen molar-refractivity contribution in [2.45, 2.75) is 18.7 Å². The summed E-state index contributed by atoms with van der Waals surface area (Å²) in [7, 11) is -1.88. The van der Waals surface area contributed by atoms with E-state index >= 15 is 0 Å². The average Bonchev–Trinajstić information content (AvgIpc) is 2.97. The van der Waals surface area contributed by atoms with E-state index in [0.717, 1.165) is 16.9 Å². The van der Waals surface area contributed by atoms with Gasteiger partial charge in [0.15, 0.2) is 0 Å². The van der Waals surface area contributed by atoms with Crippen molar-refractivity contribution in [3.63, 3.8) is 0 Å². The van der Waals surface area contributed by atoms with E-state index in [1.165, 1.54) is 16.8 Å². The molecule has 1 aliphatic heterocycles. The zero-order valence-corrected chi connectivity index (χ0v) is 17.8. The van der Waals surface area contributed by atoms with E-state index in [0.29, 0.717) is 30.9 Å². The number of sulfonamides is 1. The molecule has 148 valence electrons. The first-order valence-corrected chi connectivity index (χ1v) is 11.4. The predicted octanol–water partition coefficient (Wildman–Crippen LogP) is 2.73. The second-order valence-corrected chi connectivity index (χ2v) is 10.2. The molecule has 0 atom stereocenters. The third kappa shape index (κ3) is 3.25. The van der Waals surface area contributed by atoms with Crippen molar-refractivity contribution in [3.05, 3.63) is 57.2 Å². The number of aromatic nitrogens is 1. The summed E-state index contributed by atoms with van der Waals surface area (Å²) in [5.74, 6) is 0. The minimum atomic E-state index is -3.58. The van der Waals surface area contributed by atoms with Gasteiger partial charge in [-0.25, -0.2) is 8.42 Å². The summed E-state index contributed by atoms with van der Waals surface area (Å²) in [6, 6.07) is 11.3. The number of hydrogen-bond acceptors (Lipinski definition) is 5. The Bertz CT molecular complexity index is 1200. The van der Waals surface area contributed by atoms with Crippen LogP contribution in [-0.4, -0.2) is 43.5 Å². The fraction of sp³-hybridized carbons (Fsp3) is 0.350. The first-order chi connectivity index (χ1) is 13.3. The molecule has 0 N–H and O–H groups in total. The molecule has 0 saturated carbocycles. The van der Waals surface area contributed by atoms with Crippen LogP contribution in [-0.2, 0) is 17.1 Å². The number of aryl methyl sites for hydroxylation is 3. The summed E-state index contributed by atoms with van der Waals surface area (Å²) >= 11 is 1.07. The third-order valence-electron chi connectivity index (χ3n) is 5.35. The van der Waals surface area contributed by atoms with Crippen molar-refractivity contribution in [1.82, 2.24) is 8.87 Å². The van der Waals surface area contributed by atoms with Crippen molar-refractivity contribution in [3.8, 4) is 0 Å². The zero-order chi connectivity index (χ0) is 20.1. The summed E-state index contributed by atoms with van der Waals surface area (Å²) in [5, 5.41) is 0. The fourth-order valence-corrected chi connectivity index (χ4v) is 6.10. The lowest BCUT2D eigenvalue weighted by atomic mass is 10.1. The molecule has 1 fully saturated rings. The number of fused-ring (bicyclic) bond motifs is 1. The first-order valence-electron chi connectivity index (χ1n) is 9.19. The molecule has 0 radical (unpaired) electrons. The second-order valence-electron chi connectivity index (χ2n) is 7.24. The number of anilines is 1. The number of benzene rings is 2. The van der Waals surface area contributed by atoms with Gasteiger partial charge in [0, 0.05) is 38.9 Å². The van der Waals surface area contributed by atoms with Crippen molar-refractivity contribution >= 4 is 37.3 Å². The summed E-state index contributed by atoms with van der Waals surface area (Å²) < 4.78 is 30.0. The molecule has 1 aromatic heterocycles. The Morgan fingerprint density at radius 2 is 1.68 bits per heavy atom. The van der Waals surface area contributed by atoms with Gasteiger partial charge in [-0.1, -0.05) is 23.5 Å². The van der Waals surface area contributed by atoms with Gasteiger partial charge in [0.05, 0.1) is 15.1 Å². The second kappa shape index (κ2) is 7.02. The number of rotatable bonds is 3. The molecule has 6 nitrogen and oxygen atoms in total. The molecule has 28 heavy (non-hydrogen) atoms. The van der Waals surface area contributed by atoms with Crippen LogP contribution in [0.1, 0.15) is 11.1 Å². The molecular weight excluding hydrogens is 394 g/mol. The maximum Gasteiger partial charge on any atom is 0.307 e. The van der Waals surface area contributed by atoms with Gasteiger partial charge in [-0.2, -0.15) is 4.31 Å². The molecule has 1 aliphatic rings. The Kier molecular flexibility index (Phi) is 4.81. The SMILES string of the molecule is Cc1ccc(C)c(N2CCN(S(=O)(=O)c3ccc4c(c3)sc(=O)n4C)CC2)c1. The Morgan fingerprint density at radius 3 is 2.39 bits per heavy atom. The van der Waals surface area contributed by atoms with Crippen LogP contribution >= 0.6 is 11.3 Å². The van der Waals surface area contributed by atoms with Crippen LogP contribution in [0.3, 0.4) is 0 Å². The highest BCUT2D eigenvalue weighted by Crippen LogP contribution is 2.27. The van der Waals surface area contributed by atoms with Crippen LogP contribution in [0, 0.1) is 13.8 Å². The molecule has 0 aliphatic carbocycles. The molecule has 0 unspecified atom stereocenters. The topological polar surface area (TPSA) is 62.6 Å². The molecule has 2 heterocycles. The largest absolute Gasteiger partial charge is 0.369 e. The average molecular weight is 418 g/mol. The molecule has 3 aromatic rings. The van der Waals surface area contributed by atoms with Crippen LogP contribution in [0.15, 0.2) is 46.1 Å². The van der Waals surface area contributed by atoms with E-state index in [1.54, 1.807) is 34.1 Å². The van der Waals surface area contributed by atoms with E-state index in [4.69, 9.17) is 0 Å². The van der Waals surface area contributed by atoms with E-state index in [-0.39, 0.29) is 9.77 Å². The third-order valence-corrected chi connectivity index (χ3v) is 8.24. The predicted molar refractivity (Wildman–Crippen MR) is 114 cm³/mol. The highest BCUT2D eigenvalue weighted by molar-refractivity contribution is 7.89. The highest BCUT2D eigenvalue weighted by Gasteiger charge is 2.29. The van der Waals surface area contributed by atoms with Crippen LogP contribution in [0.5, 0.6) is 0 Å². The van der Waals surface area contributed by atoms with E-state index in [1.807, 2.05) is 0 Å². The molecule has 8 heteroatoms. The minimum absolute atomic E-state index is 0.0910. The van der Waals surface area contributed by atoms with Crippen molar-refractivity contribution in [2.75, 3.05) is 31.1 Å². The van der Waals surface area contributed by atoms with E-state index in [2.05, 4.69) is 36.9 Å². The molecule has 4 rings (SSSR count). The van der Waals surface area contributed by atoms with Gasteiger partial charge in [-0.05, 0) is 49.2 Å². The van der Waals surface area contributed by atoms with Gasteiger partial charge in [0.2, 0.25) is 10.0 Å². The minimum Gasteiger partial charge on any atom is -0.369 e. The lowest BCUT2D eigenvalue weighted by Gasteiger charge is -2.36. The maximum absolute atomic E-state index is 13.1. The zero-order valence-electron chi connectivity index (χ0n) is 16.2. The molecule has 0 spiro atoms. The number of nitrogens with zero attached hydrogens (tertiary/aromatic N) is 3. The number of piperazine rings is 1. The van der Waals surface area contributed by atoms with Gasteiger partial charge in [0.25, 0.3) is 0 Å². The Balaban J connectivity index is 1.57. The van der Waals surface area contributed by atoms with Crippen LogP contribution in [0.4, 0.5) is 5.69 Å². The summed E-state index contributed by atoms with van der Waals surface area (Å²) in [4.78, 5) is 14.3. The quantitative estimate of drug-likeness (QED) is 0.657. The van der Waals surface area contributed by atoms with Gasteiger partial charge in [-0.15, -0.1) is 0 Å². The Hall–Kier alpha value is -2.16. The van der Waals surface area contributed by atoms with E-state index in [9.17, 15) is 13.2 Å². The van der Waals surface area contributed by atoms with Gasteiger partial charge in [-0.3, -0.25) is 4.79 Å². The first kappa shape index (κ1) is 19.2. The van der Waals surface area contributed by atoms with Gasteiger partial charge < -0.3 is 9.47 Å². The summed E-state index contributed by atoms with van der Waals surface area (Å²) in [6.45, 7) is 6.35. The smallest absolute Gasteiger partial charge is 0.307 e. The van der Waals surface area contributed by atoms with E-state index < -0.39 is 10.0 Å². The van der Waals surface area contributed by atoms with Gasteiger partial charge >= 0.3 is 4.87 Å². The van der Waals surface area contributed by atoms with Crippen LogP contribution in [0.2, 0.25) is 0 Å². The normalized spacial score (nSPS) is 16.0. The van der Waals surface area contributed by atoms with Gasteiger partial charge in [0.1, 0.15) is 0 Å². The Morgan fingerprint density at radius 1 is 0.964 bits per heavy atom. The van der Waals surface area contributed by atoms with Crippen LogP contribution in [0.25, 0.3) is 10.2 Å². The number of thiazole rings is 1. The molecule has 0 bridgehead atoms. The lowest BCUT2D eigenvalue weighted by molar-refractivity contribution is 0.385. The summed E-state index contributed by atoms with van der Waals surface area (Å²) in [6.07, 6.45) is 0. The highest BCUT2D eigenvalue weighted by atomic mass is 32.2. The standard InChI is InChI=1S/C20H23N3O3S2/c1-14-4-5-15(2)18(12-14)22-8-10-23(11-9-22)28(25,26)16-6-7-17-19(13-16)27-20(24)21(17)3/h4-7,12-13H,8-11H2,1-3H3. The van der Waals surface area contributed by atoms with Crippen LogP contribution < -0.4 is 9.77 Å². The number of hydrogen-bond donors (Lipinski definition) is 0. The monoisotopic (exact) mass is 417 g/mol. The Labute approximate surface area is 168 Å².